The maximum absolute atomic E-state index is 12.4. The van der Waals surface area contributed by atoms with Gasteiger partial charge in [-0.2, -0.15) is 11.8 Å². The molecule has 0 saturated heterocycles. The molecule has 0 atom stereocenters. The van der Waals surface area contributed by atoms with Gasteiger partial charge in [0.2, 0.25) is 5.91 Å². The van der Waals surface area contributed by atoms with Gasteiger partial charge in [0.1, 0.15) is 0 Å². The highest BCUT2D eigenvalue weighted by Crippen LogP contribution is 2.39. The zero-order valence-corrected chi connectivity index (χ0v) is 14.4. The highest BCUT2D eigenvalue weighted by Gasteiger charge is 2.35. The Morgan fingerprint density at radius 1 is 1.05 bits per heavy atom. The van der Waals surface area contributed by atoms with Gasteiger partial charge in [0.25, 0.3) is 0 Å². The van der Waals surface area contributed by atoms with Crippen LogP contribution in [0.1, 0.15) is 70.6 Å². The third-order valence-corrected chi connectivity index (χ3v) is 7.11. The number of nitrogens with one attached hydrogen (secondary N) is 1. The molecule has 2 rings (SSSR count). The average Bonchev–Trinajstić information content (AvgIpc) is 2.55. The van der Waals surface area contributed by atoms with Crippen molar-refractivity contribution in [2.24, 2.45) is 11.1 Å². The number of hydrogen-bond donors (Lipinski definition) is 2. The predicted molar refractivity (Wildman–Crippen MR) is 91.5 cm³/mol. The van der Waals surface area contributed by atoms with Crippen LogP contribution in [0.3, 0.4) is 0 Å². The Kier molecular flexibility index (Phi) is 6.42. The van der Waals surface area contributed by atoms with Crippen LogP contribution in [0, 0.1) is 5.41 Å². The molecule has 0 spiro atoms. The summed E-state index contributed by atoms with van der Waals surface area (Å²) in [5, 5.41) is 3.24. The van der Waals surface area contributed by atoms with Crippen molar-refractivity contribution in [1.29, 1.82) is 0 Å². The van der Waals surface area contributed by atoms with E-state index in [9.17, 15) is 4.79 Å². The molecule has 3 nitrogen and oxygen atoms in total. The summed E-state index contributed by atoms with van der Waals surface area (Å²) in [5.41, 5.74) is 6.08. The summed E-state index contributed by atoms with van der Waals surface area (Å²) < 4.78 is 0.288. The molecule has 0 aromatic carbocycles. The molecule has 2 aliphatic rings. The molecule has 0 aliphatic heterocycles. The van der Waals surface area contributed by atoms with Crippen molar-refractivity contribution in [3.63, 3.8) is 0 Å². The van der Waals surface area contributed by atoms with E-state index in [-0.39, 0.29) is 16.1 Å². The minimum atomic E-state index is 0.0847. The molecule has 3 N–H and O–H groups in total. The SMILES string of the molecule is CSC1(CNC(=O)CC2(CN)CCCCC2)CCCCC1. The molecule has 0 unspecified atom stereocenters. The number of rotatable bonds is 6. The second kappa shape index (κ2) is 7.87. The topological polar surface area (TPSA) is 55.1 Å². The Labute approximate surface area is 134 Å². The lowest BCUT2D eigenvalue weighted by Gasteiger charge is -2.38. The first kappa shape index (κ1) is 17.1. The molecule has 0 radical (unpaired) electrons. The van der Waals surface area contributed by atoms with Gasteiger partial charge in [-0.05, 0) is 43.9 Å². The number of carbonyl (C=O) groups is 1. The molecular weight excluding hydrogens is 280 g/mol. The lowest BCUT2D eigenvalue weighted by Crippen LogP contribution is -2.44. The van der Waals surface area contributed by atoms with Gasteiger partial charge in [-0.15, -0.1) is 0 Å². The van der Waals surface area contributed by atoms with Crippen LogP contribution >= 0.6 is 11.8 Å². The number of carbonyl (C=O) groups excluding carboxylic acids is 1. The summed E-state index contributed by atoms with van der Waals surface area (Å²) >= 11 is 1.95. The normalized spacial score (nSPS) is 24.5. The Bertz CT molecular complexity index is 334. The van der Waals surface area contributed by atoms with Gasteiger partial charge < -0.3 is 11.1 Å². The van der Waals surface area contributed by atoms with Crippen LogP contribution in [0.5, 0.6) is 0 Å². The number of amides is 1. The van der Waals surface area contributed by atoms with E-state index in [0.29, 0.717) is 13.0 Å². The first-order chi connectivity index (χ1) is 10.1. The van der Waals surface area contributed by atoms with E-state index in [4.69, 9.17) is 5.73 Å². The highest BCUT2D eigenvalue weighted by atomic mass is 32.2. The smallest absolute Gasteiger partial charge is 0.220 e. The first-order valence-electron chi connectivity index (χ1n) is 8.66. The maximum atomic E-state index is 12.4. The molecule has 2 saturated carbocycles. The minimum Gasteiger partial charge on any atom is -0.355 e. The Morgan fingerprint density at radius 3 is 2.14 bits per heavy atom. The molecule has 1 amide bonds. The molecular formula is C17H32N2OS. The number of nitrogens with two attached hydrogens (primary N) is 1. The van der Waals surface area contributed by atoms with Gasteiger partial charge >= 0.3 is 0 Å². The largest absolute Gasteiger partial charge is 0.355 e. The Morgan fingerprint density at radius 2 is 1.62 bits per heavy atom. The van der Waals surface area contributed by atoms with Crippen LogP contribution in [-0.2, 0) is 4.79 Å². The third-order valence-electron chi connectivity index (χ3n) is 5.69. The van der Waals surface area contributed by atoms with Crippen molar-refractivity contribution >= 4 is 17.7 Å². The third kappa shape index (κ3) is 4.62. The second-order valence-electron chi connectivity index (χ2n) is 7.17. The zero-order valence-electron chi connectivity index (χ0n) is 13.6. The van der Waals surface area contributed by atoms with Crippen molar-refractivity contribution in [2.45, 2.75) is 75.4 Å². The van der Waals surface area contributed by atoms with Gasteiger partial charge in [0, 0.05) is 17.7 Å². The van der Waals surface area contributed by atoms with Crippen molar-refractivity contribution in [3.05, 3.63) is 0 Å². The van der Waals surface area contributed by atoms with Crippen molar-refractivity contribution in [2.75, 3.05) is 19.3 Å². The summed E-state index contributed by atoms with van der Waals surface area (Å²) in [6.07, 6.45) is 15.3. The second-order valence-corrected chi connectivity index (χ2v) is 8.44. The minimum absolute atomic E-state index is 0.0847. The molecule has 0 aromatic rings. The van der Waals surface area contributed by atoms with Gasteiger partial charge in [-0.1, -0.05) is 38.5 Å². The van der Waals surface area contributed by atoms with E-state index in [1.54, 1.807) is 0 Å². The van der Waals surface area contributed by atoms with Crippen LogP contribution in [-0.4, -0.2) is 30.0 Å². The van der Waals surface area contributed by atoms with Crippen LogP contribution in [0.2, 0.25) is 0 Å². The maximum Gasteiger partial charge on any atom is 0.220 e. The molecule has 0 bridgehead atoms. The lowest BCUT2D eigenvalue weighted by atomic mass is 9.71. The van der Waals surface area contributed by atoms with Crippen molar-refractivity contribution in [3.8, 4) is 0 Å². The fourth-order valence-corrected chi connectivity index (χ4v) is 4.98. The quantitative estimate of drug-likeness (QED) is 0.789. The van der Waals surface area contributed by atoms with Crippen LogP contribution in [0.4, 0.5) is 0 Å². The van der Waals surface area contributed by atoms with E-state index >= 15 is 0 Å². The van der Waals surface area contributed by atoms with Crippen molar-refractivity contribution < 1.29 is 4.79 Å². The summed E-state index contributed by atoms with van der Waals surface area (Å²) in [7, 11) is 0. The van der Waals surface area contributed by atoms with E-state index in [1.807, 2.05) is 11.8 Å². The Hall–Kier alpha value is -0.220. The summed E-state index contributed by atoms with van der Waals surface area (Å²) in [5.74, 6) is 0.223. The van der Waals surface area contributed by atoms with Crippen LogP contribution < -0.4 is 11.1 Å². The molecule has 2 fully saturated rings. The molecule has 0 aromatic heterocycles. The van der Waals surface area contributed by atoms with Crippen LogP contribution in [0.15, 0.2) is 0 Å². The van der Waals surface area contributed by atoms with Gasteiger partial charge in [-0.3, -0.25) is 4.79 Å². The van der Waals surface area contributed by atoms with Gasteiger partial charge in [-0.25, -0.2) is 0 Å². The van der Waals surface area contributed by atoms with Crippen LogP contribution in [0.25, 0.3) is 0 Å². The zero-order chi connectivity index (χ0) is 15.2. The highest BCUT2D eigenvalue weighted by molar-refractivity contribution is 8.00. The Balaban J connectivity index is 1.83. The summed E-state index contributed by atoms with van der Waals surface area (Å²) in [6, 6.07) is 0. The first-order valence-corrected chi connectivity index (χ1v) is 9.88. The lowest BCUT2D eigenvalue weighted by molar-refractivity contribution is -0.124. The summed E-state index contributed by atoms with van der Waals surface area (Å²) in [6.45, 7) is 1.50. The molecule has 122 valence electrons. The predicted octanol–water partition coefficient (Wildman–Crippen LogP) is 3.47. The average molecular weight is 313 g/mol. The fraction of sp³-hybridized carbons (Fsp3) is 0.941. The monoisotopic (exact) mass is 312 g/mol. The van der Waals surface area contributed by atoms with Gasteiger partial charge in [0.15, 0.2) is 0 Å². The van der Waals surface area contributed by atoms with Gasteiger partial charge in [0.05, 0.1) is 0 Å². The molecule has 0 heterocycles. The molecule has 21 heavy (non-hydrogen) atoms. The van der Waals surface area contributed by atoms with Crippen molar-refractivity contribution in [1.82, 2.24) is 5.32 Å². The van der Waals surface area contributed by atoms with E-state index < -0.39 is 0 Å². The van der Waals surface area contributed by atoms with E-state index in [2.05, 4.69) is 11.6 Å². The summed E-state index contributed by atoms with van der Waals surface area (Å²) in [4.78, 5) is 12.4. The van der Waals surface area contributed by atoms with E-state index in [0.717, 1.165) is 19.4 Å². The standard InChI is InChI=1S/C17H32N2OS/c1-21-17(10-6-3-7-11-17)14-19-15(20)12-16(13-18)8-4-2-5-9-16/h2-14,18H2,1H3,(H,19,20). The molecule has 2 aliphatic carbocycles. The fourth-order valence-electron chi connectivity index (χ4n) is 4.07. The number of thioether (sulfide) groups is 1. The number of hydrogen-bond acceptors (Lipinski definition) is 3. The molecule has 4 heteroatoms. The van der Waals surface area contributed by atoms with E-state index in [1.165, 1.54) is 51.4 Å².